The van der Waals surface area contributed by atoms with Crippen LogP contribution in [0.3, 0.4) is 0 Å². The summed E-state index contributed by atoms with van der Waals surface area (Å²) in [5, 5.41) is 11.9. The van der Waals surface area contributed by atoms with Gasteiger partial charge < -0.3 is 10.4 Å². The normalized spacial score (nSPS) is 12.6. The molecule has 1 amide bonds. The molecule has 0 rings (SSSR count). The Labute approximate surface area is 74.2 Å². The first-order valence-electron chi connectivity index (χ1n) is 4.59. The molecular formula is C9H19NO2. The number of hydrogen-bond acceptors (Lipinski definition) is 2. The Morgan fingerprint density at radius 1 is 1.50 bits per heavy atom. The molecular weight excluding hydrogens is 154 g/mol. The molecule has 0 bridgehead atoms. The summed E-state index contributed by atoms with van der Waals surface area (Å²) in [6.07, 6.45) is 3.66. The first kappa shape index (κ1) is 11.4. The van der Waals surface area contributed by atoms with Gasteiger partial charge in [0.25, 0.3) is 0 Å². The summed E-state index contributed by atoms with van der Waals surface area (Å²) < 4.78 is 0. The van der Waals surface area contributed by atoms with Crippen molar-refractivity contribution in [2.75, 3.05) is 7.05 Å². The zero-order valence-electron chi connectivity index (χ0n) is 7.97. The zero-order chi connectivity index (χ0) is 9.40. The fourth-order valence-electron chi connectivity index (χ4n) is 1.01. The predicted octanol–water partition coefficient (Wildman–Crippen LogP) is 1.06. The van der Waals surface area contributed by atoms with Gasteiger partial charge in [0.05, 0.1) is 6.10 Å². The minimum Gasteiger partial charge on any atom is -0.393 e. The van der Waals surface area contributed by atoms with Gasteiger partial charge in [-0.25, -0.2) is 0 Å². The summed E-state index contributed by atoms with van der Waals surface area (Å²) in [5.41, 5.74) is 0. The molecule has 0 saturated carbocycles. The van der Waals surface area contributed by atoms with Gasteiger partial charge >= 0.3 is 0 Å². The maximum atomic E-state index is 10.8. The van der Waals surface area contributed by atoms with E-state index in [2.05, 4.69) is 12.2 Å². The van der Waals surface area contributed by atoms with Crippen LogP contribution in [0.5, 0.6) is 0 Å². The van der Waals surface area contributed by atoms with Crippen molar-refractivity contribution in [1.82, 2.24) is 5.32 Å². The summed E-state index contributed by atoms with van der Waals surface area (Å²) in [4.78, 5) is 10.8. The molecule has 2 N–H and O–H groups in total. The van der Waals surface area contributed by atoms with Crippen LogP contribution in [0.2, 0.25) is 0 Å². The Balaban J connectivity index is 3.30. The monoisotopic (exact) mass is 173 g/mol. The van der Waals surface area contributed by atoms with E-state index in [1.165, 1.54) is 0 Å². The molecule has 1 unspecified atom stereocenters. The van der Waals surface area contributed by atoms with Crippen molar-refractivity contribution in [2.45, 2.75) is 45.1 Å². The topological polar surface area (TPSA) is 49.3 Å². The highest BCUT2D eigenvalue weighted by atomic mass is 16.3. The Morgan fingerprint density at radius 3 is 2.67 bits per heavy atom. The molecule has 1 atom stereocenters. The van der Waals surface area contributed by atoms with E-state index in [4.69, 9.17) is 0 Å². The molecule has 0 aromatic heterocycles. The molecule has 0 aliphatic heterocycles. The van der Waals surface area contributed by atoms with E-state index in [0.29, 0.717) is 12.8 Å². The van der Waals surface area contributed by atoms with E-state index >= 15 is 0 Å². The number of hydrogen-bond donors (Lipinski definition) is 2. The van der Waals surface area contributed by atoms with Gasteiger partial charge in [-0.2, -0.15) is 0 Å². The standard InChI is InChI=1S/C9H19NO2/c1-3-4-5-8(11)6-7-9(12)10-2/h8,11H,3-7H2,1-2H3,(H,10,12). The molecule has 72 valence electrons. The maximum Gasteiger partial charge on any atom is 0.219 e. The lowest BCUT2D eigenvalue weighted by Crippen LogP contribution is -2.19. The van der Waals surface area contributed by atoms with Gasteiger partial charge in [0.1, 0.15) is 0 Å². The average Bonchev–Trinajstić information content (AvgIpc) is 2.10. The van der Waals surface area contributed by atoms with Gasteiger partial charge in [0, 0.05) is 13.5 Å². The number of aliphatic hydroxyl groups is 1. The highest BCUT2D eigenvalue weighted by Gasteiger charge is 2.05. The van der Waals surface area contributed by atoms with Crippen LogP contribution >= 0.6 is 0 Å². The van der Waals surface area contributed by atoms with Crippen LogP contribution in [0.4, 0.5) is 0 Å². The quantitative estimate of drug-likeness (QED) is 0.631. The lowest BCUT2D eigenvalue weighted by Gasteiger charge is -2.08. The fourth-order valence-corrected chi connectivity index (χ4v) is 1.01. The van der Waals surface area contributed by atoms with Crippen LogP contribution in [0, 0.1) is 0 Å². The first-order valence-corrected chi connectivity index (χ1v) is 4.59. The van der Waals surface area contributed by atoms with Crippen molar-refractivity contribution in [3.63, 3.8) is 0 Å². The first-order chi connectivity index (χ1) is 5.70. The second-order valence-corrected chi connectivity index (χ2v) is 3.01. The average molecular weight is 173 g/mol. The van der Waals surface area contributed by atoms with E-state index in [0.717, 1.165) is 19.3 Å². The highest BCUT2D eigenvalue weighted by Crippen LogP contribution is 2.05. The molecule has 3 heteroatoms. The SMILES string of the molecule is CCCCC(O)CCC(=O)NC. The van der Waals surface area contributed by atoms with Crippen LogP contribution in [-0.2, 0) is 4.79 Å². The number of nitrogens with one attached hydrogen (secondary N) is 1. The third kappa shape index (κ3) is 6.16. The number of amides is 1. The van der Waals surface area contributed by atoms with Crippen LogP contribution in [0.25, 0.3) is 0 Å². The van der Waals surface area contributed by atoms with Crippen molar-refractivity contribution in [3.8, 4) is 0 Å². The number of rotatable bonds is 6. The largest absolute Gasteiger partial charge is 0.393 e. The molecule has 3 nitrogen and oxygen atoms in total. The van der Waals surface area contributed by atoms with Gasteiger partial charge in [-0.1, -0.05) is 19.8 Å². The fraction of sp³-hybridized carbons (Fsp3) is 0.889. The van der Waals surface area contributed by atoms with Gasteiger partial charge in [0.15, 0.2) is 0 Å². The van der Waals surface area contributed by atoms with E-state index in [1.807, 2.05) is 0 Å². The molecule has 12 heavy (non-hydrogen) atoms. The second kappa shape index (κ2) is 7.10. The van der Waals surface area contributed by atoms with E-state index in [-0.39, 0.29) is 12.0 Å². The predicted molar refractivity (Wildman–Crippen MR) is 48.8 cm³/mol. The molecule has 0 aliphatic rings. The number of carbonyl (C=O) groups is 1. The number of unbranched alkanes of at least 4 members (excludes halogenated alkanes) is 1. The minimum atomic E-state index is -0.303. The summed E-state index contributed by atoms with van der Waals surface area (Å²) in [6, 6.07) is 0. The van der Waals surface area contributed by atoms with E-state index < -0.39 is 0 Å². The molecule has 0 aliphatic carbocycles. The van der Waals surface area contributed by atoms with Gasteiger partial charge in [-0.05, 0) is 12.8 Å². The molecule has 0 heterocycles. The van der Waals surface area contributed by atoms with Crippen LogP contribution < -0.4 is 5.32 Å². The Hall–Kier alpha value is -0.570. The van der Waals surface area contributed by atoms with Crippen LogP contribution in [-0.4, -0.2) is 24.2 Å². The summed E-state index contributed by atoms with van der Waals surface area (Å²) in [7, 11) is 1.61. The molecule has 0 saturated heterocycles. The lowest BCUT2D eigenvalue weighted by atomic mass is 10.1. The van der Waals surface area contributed by atoms with Crippen molar-refractivity contribution in [1.29, 1.82) is 0 Å². The second-order valence-electron chi connectivity index (χ2n) is 3.01. The molecule has 0 aromatic rings. The maximum absolute atomic E-state index is 10.8. The zero-order valence-corrected chi connectivity index (χ0v) is 7.97. The number of carbonyl (C=O) groups excluding carboxylic acids is 1. The van der Waals surface area contributed by atoms with Crippen molar-refractivity contribution in [3.05, 3.63) is 0 Å². The van der Waals surface area contributed by atoms with Crippen molar-refractivity contribution >= 4 is 5.91 Å². The number of aliphatic hydroxyl groups excluding tert-OH is 1. The Kier molecular flexibility index (Phi) is 6.76. The molecule has 0 radical (unpaired) electrons. The van der Waals surface area contributed by atoms with E-state index in [1.54, 1.807) is 7.05 Å². The summed E-state index contributed by atoms with van der Waals surface area (Å²) in [5.74, 6) is 0.00514. The highest BCUT2D eigenvalue weighted by molar-refractivity contribution is 5.75. The van der Waals surface area contributed by atoms with Crippen LogP contribution in [0.1, 0.15) is 39.0 Å². The third-order valence-corrected chi connectivity index (χ3v) is 1.87. The summed E-state index contributed by atoms with van der Waals surface area (Å²) >= 11 is 0. The van der Waals surface area contributed by atoms with Gasteiger partial charge in [0.2, 0.25) is 5.91 Å². The molecule has 0 aromatic carbocycles. The van der Waals surface area contributed by atoms with E-state index in [9.17, 15) is 9.90 Å². The minimum absolute atomic E-state index is 0.00514. The van der Waals surface area contributed by atoms with Crippen molar-refractivity contribution in [2.24, 2.45) is 0 Å². The Bertz CT molecular complexity index is 126. The van der Waals surface area contributed by atoms with Crippen molar-refractivity contribution < 1.29 is 9.90 Å². The third-order valence-electron chi connectivity index (χ3n) is 1.87. The lowest BCUT2D eigenvalue weighted by molar-refractivity contribution is -0.121. The Morgan fingerprint density at radius 2 is 2.17 bits per heavy atom. The molecule has 0 fully saturated rings. The van der Waals surface area contributed by atoms with Crippen LogP contribution in [0.15, 0.2) is 0 Å². The van der Waals surface area contributed by atoms with Gasteiger partial charge in [-0.15, -0.1) is 0 Å². The summed E-state index contributed by atoms with van der Waals surface area (Å²) in [6.45, 7) is 2.09. The molecule has 0 spiro atoms. The smallest absolute Gasteiger partial charge is 0.219 e. The van der Waals surface area contributed by atoms with Gasteiger partial charge in [-0.3, -0.25) is 4.79 Å².